The summed E-state index contributed by atoms with van der Waals surface area (Å²) < 4.78 is 0. The maximum atomic E-state index is 13.1. The zero-order valence-electron chi connectivity index (χ0n) is 19.7. The zero-order valence-corrected chi connectivity index (χ0v) is 19.7. The van der Waals surface area contributed by atoms with E-state index in [1.54, 1.807) is 20.0 Å². The Bertz CT molecular complexity index is 1100. The van der Waals surface area contributed by atoms with Gasteiger partial charge in [0, 0.05) is 23.5 Å². The molecule has 0 bridgehead atoms. The number of benzene rings is 1. The van der Waals surface area contributed by atoms with E-state index in [0.717, 1.165) is 16.5 Å². The number of amides is 3. The van der Waals surface area contributed by atoms with E-state index < -0.39 is 60.2 Å². The molecule has 1 heterocycles. The van der Waals surface area contributed by atoms with Crippen molar-refractivity contribution in [2.45, 2.75) is 57.8 Å². The van der Waals surface area contributed by atoms with Crippen molar-refractivity contribution in [1.82, 2.24) is 20.9 Å². The Morgan fingerprint density at radius 2 is 1.54 bits per heavy atom. The fraction of sp³-hybridized carbons (Fsp3) is 0.435. The molecule has 2 aromatic rings. The van der Waals surface area contributed by atoms with E-state index in [-0.39, 0.29) is 12.3 Å². The van der Waals surface area contributed by atoms with Crippen LogP contribution in [0.25, 0.3) is 10.9 Å². The minimum absolute atomic E-state index is 0.0947. The summed E-state index contributed by atoms with van der Waals surface area (Å²) in [5.74, 6) is -5.22. The van der Waals surface area contributed by atoms with Gasteiger partial charge in [0.1, 0.15) is 18.1 Å². The second-order valence-electron chi connectivity index (χ2n) is 8.62. The SMILES string of the molecule is CC(NC(=O)C(Cc1c[nH]c2ccccc12)NC(=O)C(N)C(C)C)C(=O)NC(CC(=O)O)C(=O)O. The van der Waals surface area contributed by atoms with E-state index in [1.165, 1.54) is 6.92 Å². The highest BCUT2D eigenvalue weighted by Gasteiger charge is 2.30. The van der Waals surface area contributed by atoms with Crippen LogP contribution >= 0.6 is 0 Å². The second kappa shape index (κ2) is 12.0. The number of carboxylic acid groups (broad SMARTS) is 2. The molecule has 1 aromatic heterocycles. The predicted octanol–water partition coefficient (Wildman–Crippen LogP) is -0.273. The fourth-order valence-electron chi connectivity index (χ4n) is 3.35. The van der Waals surface area contributed by atoms with Gasteiger partial charge in [0.2, 0.25) is 17.7 Å². The van der Waals surface area contributed by atoms with Crippen molar-refractivity contribution < 1.29 is 34.2 Å². The average molecular weight is 490 g/mol. The van der Waals surface area contributed by atoms with Gasteiger partial charge in [-0.2, -0.15) is 0 Å². The molecule has 12 nitrogen and oxygen atoms in total. The number of aromatic nitrogens is 1. The molecule has 8 N–H and O–H groups in total. The molecule has 0 saturated carbocycles. The molecule has 1 aromatic carbocycles. The summed E-state index contributed by atoms with van der Waals surface area (Å²) in [6.07, 6.45) is 0.991. The first kappa shape index (κ1) is 27.3. The minimum atomic E-state index is -1.66. The van der Waals surface area contributed by atoms with Crippen molar-refractivity contribution in [3.05, 3.63) is 36.0 Å². The first-order valence-corrected chi connectivity index (χ1v) is 11.1. The topological polar surface area (TPSA) is 204 Å². The van der Waals surface area contributed by atoms with E-state index in [1.807, 2.05) is 24.3 Å². The number of hydrogen-bond donors (Lipinski definition) is 7. The van der Waals surface area contributed by atoms with Crippen molar-refractivity contribution in [3.63, 3.8) is 0 Å². The third kappa shape index (κ3) is 7.54. The van der Waals surface area contributed by atoms with Gasteiger partial charge >= 0.3 is 11.9 Å². The summed E-state index contributed by atoms with van der Waals surface area (Å²) in [6, 6.07) is 2.60. The van der Waals surface area contributed by atoms with Gasteiger partial charge in [0.05, 0.1) is 12.5 Å². The molecule has 0 spiro atoms. The number of aromatic amines is 1. The Morgan fingerprint density at radius 1 is 0.914 bits per heavy atom. The number of nitrogens with two attached hydrogens (primary N) is 1. The van der Waals surface area contributed by atoms with Crippen molar-refractivity contribution in [3.8, 4) is 0 Å². The van der Waals surface area contributed by atoms with Crippen molar-refractivity contribution in [2.24, 2.45) is 11.7 Å². The number of nitrogens with one attached hydrogen (secondary N) is 4. The van der Waals surface area contributed by atoms with E-state index in [4.69, 9.17) is 15.9 Å². The molecule has 35 heavy (non-hydrogen) atoms. The van der Waals surface area contributed by atoms with Gasteiger partial charge in [-0.15, -0.1) is 0 Å². The molecule has 0 fully saturated rings. The zero-order chi connectivity index (χ0) is 26.3. The Balaban J connectivity index is 2.19. The van der Waals surface area contributed by atoms with Crippen LogP contribution < -0.4 is 21.7 Å². The molecule has 4 atom stereocenters. The quantitative estimate of drug-likeness (QED) is 0.211. The van der Waals surface area contributed by atoms with Gasteiger partial charge in [-0.25, -0.2) is 4.79 Å². The number of carbonyl (C=O) groups excluding carboxylic acids is 3. The number of carbonyl (C=O) groups is 5. The van der Waals surface area contributed by atoms with E-state index >= 15 is 0 Å². The molecule has 2 rings (SSSR count). The molecule has 0 radical (unpaired) electrons. The maximum Gasteiger partial charge on any atom is 0.326 e. The Labute approximate surface area is 201 Å². The molecule has 190 valence electrons. The highest BCUT2D eigenvalue weighted by molar-refractivity contribution is 5.95. The first-order valence-electron chi connectivity index (χ1n) is 11.1. The summed E-state index contributed by atoms with van der Waals surface area (Å²) >= 11 is 0. The van der Waals surface area contributed by atoms with E-state index in [9.17, 15) is 24.0 Å². The largest absolute Gasteiger partial charge is 0.481 e. The van der Waals surface area contributed by atoms with Gasteiger partial charge in [-0.3, -0.25) is 19.2 Å². The second-order valence-corrected chi connectivity index (χ2v) is 8.62. The molecular formula is C23H31N5O7. The molecule has 4 unspecified atom stereocenters. The number of aliphatic carboxylic acids is 2. The smallest absolute Gasteiger partial charge is 0.326 e. The third-order valence-electron chi connectivity index (χ3n) is 5.50. The van der Waals surface area contributed by atoms with E-state index in [0.29, 0.717) is 0 Å². The number of H-pyrrole nitrogens is 1. The molecule has 0 aliphatic rings. The highest BCUT2D eigenvalue weighted by atomic mass is 16.4. The van der Waals surface area contributed by atoms with Crippen LogP contribution in [0, 0.1) is 5.92 Å². The average Bonchev–Trinajstić information content (AvgIpc) is 3.19. The monoisotopic (exact) mass is 489 g/mol. The summed E-state index contributed by atoms with van der Waals surface area (Å²) in [7, 11) is 0. The van der Waals surface area contributed by atoms with Gasteiger partial charge in [0.25, 0.3) is 0 Å². The standard InChI is InChI=1S/C23H31N5O7/c1-11(2)19(24)22(33)27-16(8-13-10-25-15-7-5-4-6-14(13)15)21(32)26-12(3)20(31)28-17(23(34)35)9-18(29)30/h4-7,10-12,16-17,19,25H,8-9,24H2,1-3H3,(H,26,32)(H,27,33)(H,28,31)(H,29,30)(H,34,35). The number of carboxylic acids is 2. The van der Waals surface area contributed by atoms with Crippen LogP contribution in [0.2, 0.25) is 0 Å². The highest BCUT2D eigenvalue weighted by Crippen LogP contribution is 2.19. The number of fused-ring (bicyclic) bond motifs is 1. The van der Waals surface area contributed by atoms with Gasteiger partial charge in [0.15, 0.2) is 0 Å². The first-order chi connectivity index (χ1) is 16.4. The summed E-state index contributed by atoms with van der Waals surface area (Å²) in [4.78, 5) is 63.3. The summed E-state index contributed by atoms with van der Waals surface area (Å²) in [6.45, 7) is 4.85. The van der Waals surface area contributed by atoms with Crippen LogP contribution in [-0.4, -0.2) is 69.0 Å². The predicted molar refractivity (Wildman–Crippen MR) is 126 cm³/mol. The van der Waals surface area contributed by atoms with Crippen LogP contribution in [0.4, 0.5) is 0 Å². The lowest BCUT2D eigenvalue weighted by Gasteiger charge is -2.24. The molecule has 0 aliphatic carbocycles. The van der Waals surface area contributed by atoms with Gasteiger partial charge in [-0.1, -0.05) is 32.0 Å². The Kier molecular flexibility index (Phi) is 9.34. The van der Waals surface area contributed by atoms with E-state index in [2.05, 4.69) is 20.9 Å². The lowest BCUT2D eigenvalue weighted by Crippen LogP contribution is -2.57. The van der Waals surface area contributed by atoms with Gasteiger partial charge in [-0.05, 0) is 24.5 Å². The summed E-state index contributed by atoms with van der Waals surface area (Å²) in [5, 5.41) is 26.0. The lowest BCUT2D eigenvalue weighted by atomic mass is 10.0. The number of para-hydroxylation sites is 1. The van der Waals surface area contributed by atoms with Crippen LogP contribution in [0.15, 0.2) is 30.5 Å². The van der Waals surface area contributed by atoms with Crippen molar-refractivity contribution in [2.75, 3.05) is 0 Å². The fourth-order valence-corrected chi connectivity index (χ4v) is 3.35. The summed E-state index contributed by atoms with van der Waals surface area (Å²) in [5.41, 5.74) is 7.53. The molecule has 0 aliphatic heterocycles. The Hall–Kier alpha value is -3.93. The minimum Gasteiger partial charge on any atom is -0.481 e. The maximum absolute atomic E-state index is 13.1. The van der Waals surface area contributed by atoms with Gasteiger partial charge < -0.3 is 36.9 Å². The van der Waals surface area contributed by atoms with Crippen LogP contribution in [0.1, 0.15) is 32.8 Å². The third-order valence-corrected chi connectivity index (χ3v) is 5.50. The lowest BCUT2D eigenvalue weighted by molar-refractivity contribution is -0.147. The van der Waals surface area contributed by atoms with Crippen LogP contribution in [0.5, 0.6) is 0 Å². The number of hydrogen-bond acceptors (Lipinski definition) is 6. The molecule has 12 heteroatoms. The molecule has 3 amide bonds. The van der Waals surface area contributed by atoms with Crippen LogP contribution in [0.3, 0.4) is 0 Å². The molecule has 0 saturated heterocycles. The van der Waals surface area contributed by atoms with Crippen molar-refractivity contribution >= 4 is 40.6 Å². The molecular weight excluding hydrogens is 458 g/mol. The number of rotatable bonds is 12. The Morgan fingerprint density at radius 3 is 2.14 bits per heavy atom. The van der Waals surface area contributed by atoms with Crippen molar-refractivity contribution in [1.29, 1.82) is 0 Å². The van der Waals surface area contributed by atoms with Crippen LogP contribution in [-0.2, 0) is 30.4 Å². The normalized spacial score (nSPS) is 14.5.